The quantitative estimate of drug-likeness (QED) is 0.0434. The van der Waals surface area contributed by atoms with Gasteiger partial charge in [0, 0.05) is 67.7 Å². The number of ether oxygens (including phenoxy) is 1. The first kappa shape index (κ1) is 48.7. The maximum atomic E-state index is 16.0. The van der Waals surface area contributed by atoms with Crippen molar-refractivity contribution >= 4 is 49.1 Å². The molecule has 71 heavy (non-hydrogen) atoms. The van der Waals surface area contributed by atoms with Crippen molar-refractivity contribution in [2.75, 3.05) is 49.9 Å². The van der Waals surface area contributed by atoms with Gasteiger partial charge < -0.3 is 19.6 Å². The zero-order valence-corrected chi connectivity index (χ0v) is 40.6. The van der Waals surface area contributed by atoms with E-state index in [1.807, 2.05) is 6.07 Å². The average molecular weight is 999 g/mol. The number of hydrogen-bond donors (Lipinski definition) is 2. The predicted octanol–water partition coefficient (Wildman–Crippen LogP) is 10.8. The molecule has 3 saturated heterocycles. The molecule has 3 aliphatic heterocycles. The van der Waals surface area contributed by atoms with Crippen molar-refractivity contribution < 1.29 is 40.4 Å². The molecule has 0 bridgehead atoms. The molecule has 1 aliphatic carbocycles. The molecule has 4 fully saturated rings. The molecule has 376 valence electrons. The Hall–Kier alpha value is -5.92. The van der Waals surface area contributed by atoms with Crippen molar-refractivity contribution in [3.05, 3.63) is 112 Å². The second-order valence-corrected chi connectivity index (χ2v) is 22.5. The fourth-order valence-corrected chi connectivity index (χ4v) is 13.3. The molecule has 3 aromatic heterocycles. The van der Waals surface area contributed by atoms with Gasteiger partial charge in [0.2, 0.25) is 0 Å². The van der Waals surface area contributed by atoms with Gasteiger partial charge in [-0.3, -0.25) is 24.7 Å². The number of carbonyl (C=O) groups is 1. The summed E-state index contributed by atoms with van der Waals surface area (Å²) in [5.41, 5.74) is 1.95. The number of aryl methyl sites for hydroxylation is 1. The number of nitrogens with one attached hydrogen (secondary N) is 2. The molecule has 1 atom stereocenters. The van der Waals surface area contributed by atoms with Crippen LogP contribution in [0.3, 0.4) is 0 Å². The van der Waals surface area contributed by atoms with E-state index < -0.39 is 55.3 Å². The highest BCUT2D eigenvalue weighted by molar-refractivity contribution is 7.92. The zero-order chi connectivity index (χ0) is 49.9. The zero-order valence-electron chi connectivity index (χ0n) is 39.8. The fraction of sp³-hybridized carbons (Fsp3) is 0.481. The largest absolute Gasteiger partial charge is 0.455 e. The number of nitro groups is 1. The Morgan fingerprint density at radius 1 is 0.972 bits per heavy atom. The number of sulfone groups is 1. The number of anilines is 1. The molecule has 14 nitrogen and oxygen atoms in total. The number of alkyl halides is 4. The Bertz CT molecular complexity index is 3080. The Balaban J connectivity index is 0.861. The lowest BCUT2D eigenvalue weighted by atomic mass is 9.59. The molecule has 2 N–H and O–H groups in total. The van der Waals surface area contributed by atoms with Crippen molar-refractivity contribution in [1.82, 2.24) is 29.7 Å². The van der Waals surface area contributed by atoms with Gasteiger partial charge >= 0.3 is 6.18 Å². The van der Waals surface area contributed by atoms with Crippen molar-refractivity contribution in [3.63, 3.8) is 0 Å². The van der Waals surface area contributed by atoms with Gasteiger partial charge in [0.15, 0.2) is 15.6 Å². The van der Waals surface area contributed by atoms with Gasteiger partial charge in [0.25, 0.3) is 5.69 Å². The first-order valence-corrected chi connectivity index (χ1v) is 26.2. The minimum absolute atomic E-state index is 0.00209. The summed E-state index contributed by atoms with van der Waals surface area (Å²) in [6.07, 6.45) is 5.87. The van der Waals surface area contributed by atoms with Crippen LogP contribution in [0.4, 0.5) is 28.9 Å². The van der Waals surface area contributed by atoms with Crippen LogP contribution in [0.15, 0.2) is 84.3 Å². The number of likely N-dealkylation sites (tertiary alicyclic amines) is 2. The SMILES string of the molecule is CC(C)c1ccccc1[C@@H]1CCCN1C1CC2(CCN(c3ccc(C(=O)CS(=O)(=O)c4cc([N+](=O)[O-])c(CCC5(F)CCN(CC(F)(F)F)CC5)c5[nH]cnc45)c(Oc4cnc5[nH]ccc5c4)c3)CC2)C1. The smallest absolute Gasteiger partial charge is 0.401 e. The number of fused-ring (bicyclic) bond motifs is 2. The van der Waals surface area contributed by atoms with Gasteiger partial charge in [-0.2, -0.15) is 13.2 Å². The lowest BCUT2D eigenvalue weighted by molar-refractivity contribution is -0.385. The number of aromatic amines is 2. The molecule has 0 unspecified atom stereocenters. The number of aromatic nitrogens is 4. The van der Waals surface area contributed by atoms with E-state index in [2.05, 4.69) is 67.8 Å². The fourth-order valence-electron chi connectivity index (χ4n) is 11.9. The lowest BCUT2D eigenvalue weighted by Crippen LogP contribution is -2.54. The minimum Gasteiger partial charge on any atom is -0.455 e. The maximum absolute atomic E-state index is 16.0. The van der Waals surface area contributed by atoms with Crippen LogP contribution < -0.4 is 9.64 Å². The number of rotatable bonds is 15. The van der Waals surface area contributed by atoms with E-state index in [1.165, 1.54) is 36.5 Å². The molecule has 10 rings (SSSR count). The Morgan fingerprint density at radius 2 is 1.73 bits per heavy atom. The van der Waals surface area contributed by atoms with Crippen LogP contribution in [-0.4, -0.2) is 112 Å². The number of halogens is 4. The molecule has 1 spiro atoms. The first-order chi connectivity index (χ1) is 33.9. The number of nitrogens with zero attached hydrogens (tertiary/aromatic N) is 6. The monoisotopic (exact) mass is 998 g/mol. The van der Waals surface area contributed by atoms with E-state index in [-0.39, 0.29) is 72.1 Å². The van der Waals surface area contributed by atoms with E-state index in [0.717, 1.165) is 67.4 Å². The average Bonchev–Trinajstić information content (AvgIpc) is 4.12. The first-order valence-electron chi connectivity index (χ1n) is 24.6. The number of piperidine rings is 2. The van der Waals surface area contributed by atoms with Crippen molar-refractivity contribution in [2.45, 2.75) is 113 Å². The van der Waals surface area contributed by atoms with Crippen LogP contribution >= 0.6 is 0 Å². The predicted molar refractivity (Wildman–Crippen MR) is 262 cm³/mol. The highest BCUT2D eigenvalue weighted by Crippen LogP contribution is 2.54. The number of benzene rings is 3. The highest BCUT2D eigenvalue weighted by Gasteiger charge is 2.50. The van der Waals surface area contributed by atoms with Gasteiger partial charge in [0.1, 0.15) is 39.0 Å². The Morgan fingerprint density at radius 3 is 2.46 bits per heavy atom. The van der Waals surface area contributed by atoms with Gasteiger partial charge in [-0.25, -0.2) is 22.8 Å². The van der Waals surface area contributed by atoms with Crippen LogP contribution in [0.2, 0.25) is 0 Å². The van der Waals surface area contributed by atoms with E-state index in [0.29, 0.717) is 29.4 Å². The molecule has 3 aromatic carbocycles. The number of pyridine rings is 1. The summed E-state index contributed by atoms with van der Waals surface area (Å²) in [5, 5.41) is 13.3. The van der Waals surface area contributed by atoms with E-state index >= 15 is 4.39 Å². The summed E-state index contributed by atoms with van der Waals surface area (Å²) < 4.78 is 90.0. The molecule has 4 aliphatic rings. The number of nitro benzene ring substituents is 1. The summed E-state index contributed by atoms with van der Waals surface area (Å²) in [7, 11) is -4.63. The van der Waals surface area contributed by atoms with Gasteiger partial charge in [-0.15, -0.1) is 0 Å². The number of carbonyl (C=O) groups excluding carboxylic acids is 1. The highest BCUT2D eigenvalue weighted by atomic mass is 32.2. The Kier molecular flexibility index (Phi) is 13.0. The van der Waals surface area contributed by atoms with Crippen molar-refractivity contribution in [1.29, 1.82) is 0 Å². The normalized spacial score (nSPS) is 20.0. The molecule has 0 radical (unpaired) electrons. The van der Waals surface area contributed by atoms with Crippen LogP contribution in [0.5, 0.6) is 11.5 Å². The molecular formula is C52H58F4N8O6S. The number of hydrogen-bond acceptors (Lipinski definition) is 11. The minimum atomic E-state index is -4.63. The van der Waals surface area contributed by atoms with Crippen molar-refractivity contribution in [3.8, 4) is 11.5 Å². The third-order valence-electron chi connectivity index (χ3n) is 15.7. The lowest BCUT2D eigenvalue weighted by Gasteiger charge is -2.56. The van der Waals surface area contributed by atoms with Crippen molar-refractivity contribution in [2.24, 2.45) is 5.41 Å². The standard InChI is InChI=1S/C52H58F4N8O6S/c1-33(2)38-6-3-4-7-39(38)42-8-5-19-63(42)36-27-50(28-36)14-22-62(23-15-50)35-9-10-41(45(25-35)70-37-24-34-12-18-57-49(34)58-29-37)44(65)30-71(68,69)46-26-43(64(66)67)40(47-48(46)60-32-59-47)11-13-51(53)16-20-61(21-17-51)31-52(54,55)56/h3-4,6-7,9-10,12,18,24-26,29,32-33,36,42H,5,8,11,13-17,19-23,27-28,30-31H2,1-2H3,(H,57,58)(H,59,60)/t42-/m0/s1. The molecule has 0 amide bonds. The van der Waals surface area contributed by atoms with Crippen LogP contribution in [0.25, 0.3) is 22.1 Å². The molecule has 1 saturated carbocycles. The molecular weight excluding hydrogens is 941 g/mol. The third kappa shape index (κ3) is 10.0. The number of H-pyrrole nitrogens is 2. The topological polar surface area (TPSA) is 171 Å². The summed E-state index contributed by atoms with van der Waals surface area (Å²) >= 11 is 0. The molecule has 19 heteroatoms. The van der Waals surface area contributed by atoms with Crippen LogP contribution in [0, 0.1) is 15.5 Å². The van der Waals surface area contributed by atoms with E-state index in [4.69, 9.17) is 4.74 Å². The summed E-state index contributed by atoms with van der Waals surface area (Å²) in [4.78, 5) is 46.2. The summed E-state index contributed by atoms with van der Waals surface area (Å²) in [6.45, 7) is 5.83. The number of Topliss-reactive ketones (excluding diaryl/α,β-unsaturated/α-hetero) is 1. The second kappa shape index (κ2) is 18.9. The Labute approximate surface area is 409 Å². The van der Waals surface area contributed by atoms with E-state index in [9.17, 15) is 36.5 Å². The van der Waals surface area contributed by atoms with E-state index in [1.54, 1.807) is 30.5 Å². The number of ketones is 1. The summed E-state index contributed by atoms with van der Waals surface area (Å²) in [5.74, 6) is -0.974. The molecule has 6 heterocycles. The van der Waals surface area contributed by atoms with Gasteiger partial charge in [-0.1, -0.05) is 38.1 Å². The third-order valence-corrected chi connectivity index (χ3v) is 17.3. The van der Waals surface area contributed by atoms with Gasteiger partial charge in [-0.05, 0) is 117 Å². The molecule has 6 aromatic rings. The van der Waals surface area contributed by atoms with Gasteiger partial charge in [0.05, 0.1) is 40.6 Å². The van der Waals surface area contributed by atoms with Crippen LogP contribution in [-0.2, 0) is 16.3 Å². The summed E-state index contributed by atoms with van der Waals surface area (Å²) in [6, 6.07) is 19.5. The maximum Gasteiger partial charge on any atom is 0.401 e. The number of imidazole rings is 1. The second-order valence-electron chi connectivity index (χ2n) is 20.6. The van der Waals surface area contributed by atoms with Crippen LogP contribution in [0.1, 0.15) is 111 Å².